The van der Waals surface area contributed by atoms with Crippen LogP contribution >= 0.6 is 0 Å². The van der Waals surface area contributed by atoms with Crippen LogP contribution in [0, 0.1) is 13.8 Å². The van der Waals surface area contributed by atoms with Crippen LogP contribution in [0.25, 0.3) is 0 Å². The molecular formula is C16H28N4. The Balaban J connectivity index is 2.18. The standard InChI is InChI=1S/C16H28N4/c1-5-20-8-6-7-14(20)11-19(4)16-15(10-17)12(2)9-13(3)18-16/h9,14H,5-8,10-11,17H2,1-4H3. The third kappa shape index (κ3) is 3.13. The summed E-state index contributed by atoms with van der Waals surface area (Å²) in [6, 6.07) is 2.77. The van der Waals surface area contributed by atoms with Crippen LogP contribution in [-0.4, -0.2) is 42.6 Å². The second-order valence-electron chi connectivity index (χ2n) is 5.89. The summed E-state index contributed by atoms with van der Waals surface area (Å²) in [7, 11) is 2.15. The monoisotopic (exact) mass is 276 g/mol. The minimum Gasteiger partial charge on any atom is -0.358 e. The molecule has 1 aliphatic heterocycles. The molecule has 0 spiro atoms. The molecule has 0 bridgehead atoms. The molecule has 0 aliphatic carbocycles. The zero-order chi connectivity index (χ0) is 14.7. The van der Waals surface area contributed by atoms with E-state index in [0.29, 0.717) is 12.6 Å². The highest BCUT2D eigenvalue weighted by Crippen LogP contribution is 2.24. The Morgan fingerprint density at radius 2 is 2.20 bits per heavy atom. The molecule has 0 saturated carbocycles. The summed E-state index contributed by atoms with van der Waals surface area (Å²) in [5.74, 6) is 1.06. The Kier molecular flexibility index (Phi) is 5.00. The molecule has 0 amide bonds. The van der Waals surface area contributed by atoms with Crippen molar-refractivity contribution in [3.8, 4) is 0 Å². The fourth-order valence-corrected chi connectivity index (χ4v) is 3.33. The van der Waals surface area contributed by atoms with Crippen LogP contribution in [0.4, 0.5) is 5.82 Å². The molecule has 1 aromatic rings. The van der Waals surface area contributed by atoms with Crippen molar-refractivity contribution >= 4 is 5.82 Å². The smallest absolute Gasteiger partial charge is 0.133 e. The van der Waals surface area contributed by atoms with E-state index >= 15 is 0 Å². The first-order chi connectivity index (χ1) is 9.56. The van der Waals surface area contributed by atoms with Gasteiger partial charge in [-0.15, -0.1) is 0 Å². The van der Waals surface area contributed by atoms with Crippen molar-refractivity contribution in [1.82, 2.24) is 9.88 Å². The summed E-state index contributed by atoms with van der Waals surface area (Å²) < 4.78 is 0. The number of aryl methyl sites for hydroxylation is 2. The molecule has 112 valence electrons. The third-order valence-electron chi connectivity index (χ3n) is 4.41. The average molecular weight is 276 g/mol. The van der Waals surface area contributed by atoms with E-state index in [1.165, 1.54) is 30.5 Å². The Labute approximate surface area is 123 Å². The molecule has 1 fully saturated rings. The van der Waals surface area contributed by atoms with Crippen molar-refractivity contribution in [2.24, 2.45) is 5.73 Å². The van der Waals surface area contributed by atoms with E-state index in [4.69, 9.17) is 10.7 Å². The van der Waals surface area contributed by atoms with Crippen molar-refractivity contribution < 1.29 is 0 Å². The fraction of sp³-hybridized carbons (Fsp3) is 0.688. The predicted octanol–water partition coefficient (Wildman–Crippen LogP) is 2.08. The lowest BCUT2D eigenvalue weighted by Crippen LogP contribution is -2.39. The summed E-state index contributed by atoms with van der Waals surface area (Å²) in [6.07, 6.45) is 2.61. The third-order valence-corrected chi connectivity index (χ3v) is 4.41. The van der Waals surface area contributed by atoms with Gasteiger partial charge in [0.1, 0.15) is 5.82 Å². The Bertz CT molecular complexity index is 458. The highest BCUT2D eigenvalue weighted by Gasteiger charge is 2.25. The molecule has 2 rings (SSSR count). The van der Waals surface area contributed by atoms with Crippen LogP contribution in [0.1, 0.15) is 36.6 Å². The van der Waals surface area contributed by atoms with Crippen molar-refractivity contribution in [2.75, 3.05) is 31.6 Å². The number of rotatable bonds is 5. The molecule has 20 heavy (non-hydrogen) atoms. The highest BCUT2D eigenvalue weighted by molar-refractivity contribution is 5.51. The van der Waals surface area contributed by atoms with E-state index in [1.54, 1.807) is 0 Å². The quantitative estimate of drug-likeness (QED) is 0.894. The number of hydrogen-bond donors (Lipinski definition) is 1. The Morgan fingerprint density at radius 3 is 2.85 bits per heavy atom. The molecule has 2 heterocycles. The van der Waals surface area contributed by atoms with Gasteiger partial charge < -0.3 is 10.6 Å². The maximum atomic E-state index is 5.92. The van der Waals surface area contributed by atoms with Crippen LogP contribution in [-0.2, 0) is 6.54 Å². The van der Waals surface area contributed by atoms with Gasteiger partial charge >= 0.3 is 0 Å². The lowest BCUT2D eigenvalue weighted by molar-refractivity contribution is 0.270. The summed E-state index contributed by atoms with van der Waals surface area (Å²) >= 11 is 0. The fourth-order valence-electron chi connectivity index (χ4n) is 3.33. The van der Waals surface area contributed by atoms with E-state index in [9.17, 15) is 0 Å². The summed E-state index contributed by atoms with van der Waals surface area (Å²) in [5.41, 5.74) is 9.42. The molecule has 1 aliphatic rings. The summed E-state index contributed by atoms with van der Waals surface area (Å²) in [4.78, 5) is 9.59. The number of likely N-dealkylation sites (N-methyl/N-ethyl adjacent to an activating group) is 2. The van der Waals surface area contributed by atoms with Crippen molar-refractivity contribution in [3.63, 3.8) is 0 Å². The first-order valence-electron chi connectivity index (χ1n) is 7.69. The van der Waals surface area contributed by atoms with Gasteiger partial charge in [-0.2, -0.15) is 0 Å². The summed E-state index contributed by atoms with van der Waals surface area (Å²) in [6.45, 7) is 10.4. The van der Waals surface area contributed by atoms with Gasteiger partial charge in [0.15, 0.2) is 0 Å². The van der Waals surface area contributed by atoms with Crippen molar-refractivity contribution in [2.45, 2.75) is 46.2 Å². The molecule has 4 heteroatoms. The molecule has 0 aromatic carbocycles. The number of hydrogen-bond acceptors (Lipinski definition) is 4. The topological polar surface area (TPSA) is 45.4 Å². The second kappa shape index (κ2) is 6.55. The van der Waals surface area contributed by atoms with E-state index in [0.717, 1.165) is 24.6 Å². The van der Waals surface area contributed by atoms with Gasteiger partial charge in [-0.1, -0.05) is 6.92 Å². The first kappa shape index (κ1) is 15.3. The van der Waals surface area contributed by atoms with Crippen molar-refractivity contribution in [3.05, 3.63) is 22.9 Å². The number of pyridine rings is 1. The highest BCUT2D eigenvalue weighted by atomic mass is 15.2. The first-order valence-corrected chi connectivity index (χ1v) is 7.69. The number of aromatic nitrogens is 1. The van der Waals surface area contributed by atoms with Gasteiger partial charge in [-0.25, -0.2) is 4.98 Å². The van der Waals surface area contributed by atoms with Crippen LogP contribution in [0.15, 0.2) is 6.07 Å². The van der Waals surface area contributed by atoms with Gasteiger partial charge in [0, 0.05) is 37.4 Å². The number of anilines is 1. The maximum Gasteiger partial charge on any atom is 0.133 e. The molecule has 0 radical (unpaired) electrons. The van der Waals surface area contributed by atoms with Gasteiger partial charge in [-0.05, 0) is 51.4 Å². The Hall–Kier alpha value is -1.13. The van der Waals surface area contributed by atoms with E-state index in [1.807, 2.05) is 0 Å². The molecule has 1 atom stereocenters. The van der Waals surface area contributed by atoms with E-state index in [-0.39, 0.29) is 0 Å². The normalized spacial score (nSPS) is 19.6. The lowest BCUT2D eigenvalue weighted by Gasteiger charge is -2.30. The van der Waals surface area contributed by atoms with E-state index in [2.05, 4.69) is 43.7 Å². The predicted molar refractivity (Wildman–Crippen MR) is 85.1 cm³/mol. The SMILES string of the molecule is CCN1CCCC1CN(C)c1nc(C)cc(C)c1CN. The minimum absolute atomic E-state index is 0.556. The van der Waals surface area contributed by atoms with Crippen LogP contribution in [0.2, 0.25) is 0 Å². The van der Waals surface area contributed by atoms with Gasteiger partial charge in [0.2, 0.25) is 0 Å². The van der Waals surface area contributed by atoms with Crippen LogP contribution in [0.5, 0.6) is 0 Å². The van der Waals surface area contributed by atoms with E-state index < -0.39 is 0 Å². The van der Waals surface area contributed by atoms with Crippen LogP contribution in [0.3, 0.4) is 0 Å². The molecule has 1 aromatic heterocycles. The molecule has 4 nitrogen and oxygen atoms in total. The molecular weight excluding hydrogens is 248 g/mol. The lowest BCUT2D eigenvalue weighted by atomic mass is 10.1. The van der Waals surface area contributed by atoms with Crippen molar-refractivity contribution in [1.29, 1.82) is 0 Å². The molecule has 1 saturated heterocycles. The average Bonchev–Trinajstić information content (AvgIpc) is 2.85. The largest absolute Gasteiger partial charge is 0.358 e. The zero-order valence-corrected chi connectivity index (χ0v) is 13.3. The maximum absolute atomic E-state index is 5.92. The van der Waals surface area contributed by atoms with Gasteiger partial charge in [0.25, 0.3) is 0 Å². The van der Waals surface area contributed by atoms with Crippen LogP contribution < -0.4 is 10.6 Å². The molecule has 1 unspecified atom stereocenters. The Morgan fingerprint density at radius 1 is 1.45 bits per heavy atom. The molecule has 2 N–H and O–H groups in total. The number of nitrogens with two attached hydrogens (primary N) is 1. The summed E-state index contributed by atoms with van der Waals surface area (Å²) in [5, 5.41) is 0. The van der Waals surface area contributed by atoms with Gasteiger partial charge in [-0.3, -0.25) is 4.90 Å². The second-order valence-corrected chi connectivity index (χ2v) is 5.89. The minimum atomic E-state index is 0.556. The zero-order valence-electron chi connectivity index (χ0n) is 13.3. The van der Waals surface area contributed by atoms with Gasteiger partial charge in [0.05, 0.1) is 0 Å². The number of likely N-dealkylation sites (tertiary alicyclic amines) is 1. The number of nitrogens with zero attached hydrogens (tertiary/aromatic N) is 3.